The summed E-state index contributed by atoms with van der Waals surface area (Å²) in [6.45, 7) is 2.44. The van der Waals surface area contributed by atoms with Crippen molar-refractivity contribution in [3.05, 3.63) is 0 Å². The molecule has 60 valence electrons. The fraction of sp³-hybridized carbons (Fsp3) is 1.00. The number of ether oxygens (including phenoxy) is 1. The molecule has 0 bridgehead atoms. The Hall–Kier alpha value is -0.160. The van der Waals surface area contributed by atoms with Gasteiger partial charge in [0.25, 0.3) is 0 Å². The lowest BCUT2D eigenvalue weighted by Crippen LogP contribution is -2.49. The van der Waals surface area contributed by atoms with E-state index in [1.807, 2.05) is 0 Å². The molecule has 10 heavy (non-hydrogen) atoms. The van der Waals surface area contributed by atoms with Gasteiger partial charge >= 0.3 is 0 Å². The van der Waals surface area contributed by atoms with Gasteiger partial charge in [-0.05, 0) is 0 Å². The summed E-state index contributed by atoms with van der Waals surface area (Å²) in [4.78, 5) is 0. The first-order chi connectivity index (χ1) is 4.83. The molecule has 0 aromatic rings. The van der Waals surface area contributed by atoms with E-state index < -0.39 is 6.10 Å². The summed E-state index contributed by atoms with van der Waals surface area (Å²) >= 11 is 0. The summed E-state index contributed by atoms with van der Waals surface area (Å²) in [6, 6.07) is 0. The van der Waals surface area contributed by atoms with Crippen molar-refractivity contribution in [3.63, 3.8) is 0 Å². The van der Waals surface area contributed by atoms with Crippen LogP contribution in [0, 0.1) is 0 Å². The molecular formula is C6H14N2O2. The van der Waals surface area contributed by atoms with Crippen molar-refractivity contribution in [2.24, 2.45) is 5.73 Å². The topological polar surface area (TPSA) is 67.5 Å². The van der Waals surface area contributed by atoms with Crippen molar-refractivity contribution >= 4 is 0 Å². The Balaban J connectivity index is 1.93. The van der Waals surface area contributed by atoms with Crippen LogP contribution in [0.1, 0.15) is 0 Å². The lowest BCUT2D eigenvalue weighted by atomic mass is 10.2. The van der Waals surface area contributed by atoms with Crippen LogP contribution in [0.3, 0.4) is 0 Å². The van der Waals surface area contributed by atoms with Gasteiger partial charge in [0.15, 0.2) is 0 Å². The van der Waals surface area contributed by atoms with Crippen LogP contribution in [-0.2, 0) is 4.74 Å². The number of hydrogen-bond donors (Lipinski definition) is 3. The summed E-state index contributed by atoms with van der Waals surface area (Å²) in [7, 11) is 0. The first-order valence-corrected chi connectivity index (χ1v) is 3.53. The zero-order valence-corrected chi connectivity index (χ0v) is 5.92. The number of hydrogen-bond acceptors (Lipinski definition) is 4. The molecule has 4 nitrogen and oxygen atoms in total. The van der Waals surface area contributed by atoms with Crippen LogP contribution in [0.4, 0.5) is 0 Å². The van der Waals surface area contributed by atoms with Crippen LogP contribution in [0.2, 0.25) is 0 Å². The molecule has 0 radical (unpaired) electrons. The van der Waals surface area contributed by atoms with E-state index in [0.717, 1.165) is 13.1 Å². The second-order valence-electron chi connectivity index (χ2n) is 2.50. The highest BCUT2D eigenvalue weighted by Crippen LogP contribution is 1.98. The van der Waals surface area contributed by atoms with Crippen LogP contribution in [0.25, 0.3) is 0 Å². The lowest BCUT2D eigenvalue weighted by molar-refractivity contribution is -0.0271. The Morgan fingerprint density at radius 2 is 2.40 bits per heavy atom. The molecule has 1 rings (SSSR count). The molecule has 4 heteroatoms. The van der Waals surface area contributed by atoms with Gasteiger partial charge < -0.3 is 20.9 Å². The molecule has 0 aromatic carbocycles. The first kappa shape index (κ1) is 7.94. The van der Waals surface area contributed by atoms with Crippen LogP contribution in [0.5, 0.6) is 0 Å². The third kappa shape index (κ3) is 2.22. The Labute approximate surface area is 60.4 Å². The Bertz CT molecular complexity index is 91.0. The highest BCUT2D eigenvalue weighted by atomic mass is 16.5. The molecule has 0 saturated carbocycles. The minimum absolute atomic E-state index is 0.278. The van der Waals surface area contributed by atoms with E-state index in [0.29, 0.717) is 12.7 Å². The van der Waals surface area contributed by atoms with Crippen molar-refractivity contribution in [1.82, 2.24) is 5.32 Å². The maximum absolute atomic E-state index is 8.96. The number of nitrogens with one attached hydrogen (secondary N) is 1. The molecule has 1 aliphatic heterocycles. The monoisotopic (exact) mass is 146 g/mol. The highest BCUT2D eigenvalue weighted by Gasteiger charge is 2.17. The summed E-state index contributed by atoms with van der Waals surface area (Å²) in [5.41, 5.74) is 5.17. The number of aliphatic hydroxyl groups excluding tert-OH is 1. The van der Waals surface area contributed by atoms with E-state index in [4.69, 9.17) is 15.6 Å². The molecule has 0 spiro atoms. The Morgan fingerprint density at radius 3 is 2.80 bits per heavy atom. The average molecular weight is 146 g/mol. The fourth-order valence-corrected chi connectivity index (χ4v) is 0.695. The summed E-state index contributed by atoms with van der Waals surface area (Å²) in [5, 5.41) is 12.0. The molecule has 1 saturated heterocycles. The van der Waals surface area contributed by atoms with E-state index in [1.165, 1.54) is 0 Å². The second kappa shape index (κ2) is 3.88. The summed E-state index contributed by atoms with van der Waals surface area (Å²) < 4.78 is 5.24. The standard InChI is InChI=1S/C6H14N2O2/c7-1-5(9)4-10-6-2-8-3-6/h5-6,8-9H,1-4,7H2. The zero-order valence-electron chi connectivity index (χ0n) is 5.92. The minimum atomic E-state index is -0.499. The first-order valence-electron chi connectivity index (χ1n) is 3.53. The van der Waals surface area contributed by atoms with Gasteiger partial charge in [-0.25, -0.2) is 0 Å². The van der Waals surface area contributed by atoms with Crippen LogP contribution in [-0.4, -0.2) is 43.6 Å². The van der Waals surface area contributed by atoms with Crippen LogP contribution >= 0.6 is 0 Å². The Morgan fingerprint density at radius 1 is 1.70 bits per heavy atom. The molecule has 4 N–H and O–H groups in total. The average Bonchev–Trinajstić information content (AvgIpc) is 1.84. The number of rotatable bonds is 4. The van der Waals surface area contributed by atoms with Gasteiger partial charge in [-0.3, -0.25) is 0 Å². The molecule has 1 atom stereocenters. The van der Waals surface area contributed by atoms with Crippen LogP contribution < -0.4 is 11.1 Å². The second-order valence-corrected chi connectivity index (χ2v) is 2.50. The molecule has 0 amide bonds. The van der Waals surface area contributed by atoms with Gasteiger partial charge in [0.2, 0.25) is 0 Å². The van der Waals surface area contributed by atoms with Gasteiger partial charge in [-0.2, -0.15) is 0 Å². The lowest BCUT2D eigenvalue weighted by Gasteiger charge is -2.27. The van der Waals surface area contributed by atoms with E-state index in [-0.39, 0.29) is 6.54 Å². The molecule has 1 aliphatic rings. The highest BCUT2D eigenvalue weighted by molar-refractivity contribution is 4.75. The van der Waals surface area contributed by atoms with E-state index in [2.05, 4.69) is 5.32 Å². The largest absolute Gasteiger partial charge is 0.389 e. The predicted octanol–water partition coefficient (Wildman–Crippen LogP) is -1.71. The van der Waals surface area contributed by atoms with Crippen molar-refractivity contribution in [3.8, 4) is 0 Å². The number of nitrogens with two attached hydrogens (primary N) is 1. The van der Waals surface area contributed by atoms with Gasteiger partial charge in [-0.1, -0.05) is 0 Å². The molecule has 0 aromatic heterocycles. The van der Waals surface area contributed by atoms with E-state index in [1.54, 1.807) is 0 Å². The predicted molar refractivity (Wildman–Crippen MR) is 37.7 cm³/mol. The van der Waals surface area contributed by atoms with E-state index in [9.17, 15) is 0 Å². The number of aliphatic hydroxyl groups is 1. The van der Waals surface area contributed by atoms with Gasteiger partial charge in [0, 0.05) is 19.6 Å². The van der Waals surface area contributed by atoms with E-state index >= 15 is 0 Å². The third-order valence-electron chi connectivity index (χ3n) is 1.54. The minimum Gasteiger partial charge on any atom is -0.389 e. The van der Waals surface area contributed by atoms with Gasteiger partial charge in [0.05, 0.1) is 18.8 Å². The molecule has 1 unspecified atom stereocenters. The van der Waals surface area contributed by atoms with Gasteiger partial charge in [-0.15, -0.1) is 0 Å². The quantitative estimate of drug-likeness (QED) is 0.442. The molecule has 1 fully saturated rings. The van der Waals surface area contributed by atoms with Crippen molar-refractivity contribution in [2.75, 3.05) is 26.2 Å². The zero-order chi connectivity index (χ0) is 7.40. The summed E-state index contributed by atoms with van der Waals surface area (Å²) in [5.74, 6) is 0. The van der Waals surface area contributed by atoms with Gasteiger partial charge in [0.1, 0.15) is 0 Å². The maximum Gasteiger partial charge on any atom is 0.0895 e. The summed E-state index contributed by atoms with van der Waals surface area (Å²) in [6.07, 6.45) is -0.207. The normalized spacial score (nSPS) is 22.2. The van der Waals surface area contributed by atoms with Crippen molar-refractivity contribution < 1.29 is 9.84 Å². The van der Waals surface area contributed by atoms with Crippen molar-refractivity contribution in [1.29, 1.82) is 0 Å². The molecule has 1 heterocycles. The van der Waals surface area contributed by atoms with Crippen molar-refractivity contribution in [2.45, 2.75) is 12.2 Å². The molecular weight excluding hydrogens is 132 g/mol. The third-order valence-corrected chi connectivity index (χ3v) is 1.54. The van der Waals surface area contributed by atoms with Crippen LogP contribution in [0.15, 0.2) is 0 Å². The Kier molecular flexibility index (Phi) is 3.08. The molecule has 0 aliphatic carbocycles. The maximum atomic E-state index is 8.96. The smallest absolute Gasteiger partial charge is 0.0895 e. The fourth-order valence-electron chi connectivity index (χ4n) is 0.695. The SMILES string of the molecule is NCC(O)COC1CNC1.